The van der Waals surface area contributed by atoms with Gasteiger partial charge in [-0.25, -0.2) is 17.6 Å². The van der Waals surface area contributed by atoms with Crippen LogP contribution in [0.1, 0.15) is 11.1 Å². The molecular formula is C14H10F4O. The highest BCUT2D eigenvalue weighted by molar-refractivity contribution is 5.33. The van der Waals surface area contributed by atoms with E-state index in [-0.39, 0.29) is 12.5 Å². The van der Waals surface area contributed by atoms with Crippen LogP contribution in [0.3, 0.4) is 0 Å². The van der Waals surface area contributed by atoms with Crippen molar-refractivity contribution in [2.24, 2.45) is 0 Å². The normalized spacial score (nSPS) is 10.6. The second kappa shape index (κ2) is 5.30. The molecule has 0 aliphatic rings. The minimum absolute atomic E-state index is 0.197. The van der Waals surface area contributed by atoms with Gasteiger partial charge in [-0.05, 0) is 17.7 Å². The monoisotopic (exact) mass is 270 g/mol. The third-order valence-corrected chi connectivity index (χ3v) is 2.74. The van der Waals surface area contributed by atoms with Crippen LogP contribution in [0, 0.1) is 23.3 Å². The number of halogens is 4. The van der Waals surface area contributed by atoms with E-state index in [1.165, 1.54) is 7.11 Å². The lowest BCUT2D eigenvalue weighted by molar-refractivity contribution is 0.414. The van der Waals surface area contributed by atoms with Crippen molar-refractivity contribution in [3.05, 3.63) is 64.7 Å². The lowest BCUT2D eigenvalue weighted by atomic mass is 10.0. The van der Waals surface area contributed by atoms with Crippen LogP contribution in [0.2, 0.25) is 0 Å². The summed E-state index contributed by atoms with van der Waals surface area (Å²) in [4.78, 5) is 0. The molecule has 0 bridgehead atoms. The fourth-order valence-corrected chi connectivity index (χ4v) is 1.73. The van der Waals surface area contributed by atoms with E-state index in [1.54, 1.807) is 24.3 Å². The minimum Gasteiger partial charge on any atom is -0.497 e. The summed E-state index contributed by atoms with van der Waals surface area (Å²) < 4.78 is 58.0. The molecule has 2 aromatic carbocycles. The van der Waals surface area contributed by atoms with E-state index < -0.39 is 28.8 Å². The van der Waals surface area contributed by atoms with E-state index in [2.05, 4.69) is 0 Å². The summed E-state index contributed by atoms with van der Waals surface area (Å²) >= 11 is 0. The highest BCUT2D eigenvalue weighted by Gasteiger charge is 2.19. The zero-order chi connectivity index (χ0) is 14.0. The first kappa shape index (κ1) is 13.4. The van der Waals surface area contributed by atoms with E-state index >= 15 is 0 Å². The minimum atomic E-state index is -1.40. The van der Waals surface area contributed by atoms with Crippen molar-refractivity contribution in [1.29, 1.82) is 0 Å². The van der Waals surface area contributed by atoms with Crippen LogP contribution >= 0.6 is 0 Å². The number of benzene rings is 2. The number of hydrogen-bond donors (Lipinski definition) is 0. The maximum Gasteiger partial charge on any atom is 0.165 e. The number of hydrogen-bond acceptors (Lipinski definition) is 1. The Kier molecular flexibility index (Phi) is 3.74. The fourth-order valence-electron chi connectivity index (χ4n) is 1.73. The Balaban J connectivity index is 2.37. The number of rotatable bonds is 3. The standard InChI is InChI=1S/C14H10F4O/c1-19-9-4-2-8(3-5-9)6-10-13(17)11(15)7-12(16)14(10)18/h2-5,7H,6H2,1H3. The molecule has 0 N–H and O–H groups in total. The molecule has 100 valence electrons. The molecule has 5 heteroatoms. The second-order valence-electron chi connectivity index (χ2n) is 3.97. The Bertz CT molecular complexity index is 567. The van der Waals surface area contributed by atoms with Gasteiger partial charge in [0.2, 0.25) is 0 Å². The molecular weight excluding hydrogens is 260 g/mol. The first-order valence-electron chi connectivity index (χ1n) is 5.47. The van der Waals surface area contributed by atoms with Crippen LogP contribution in [-0.2, 0) is 6.42 Å². The molecule has 0 aliphatic heterocycles. The molecule has 0 atom stereocenters. The zero-order valence-electron chi connectivity index (χ0n) is 10.0. The van der Waals surface area contributed by atoms with Gasteiger partial charge in [-0.1, -0.05) is 12.1 Å². The summed E-state index contributed by atoms with van der Waals surface area (Å²) in [5, 5.41) is 0. The lowest BCUT2D eigenvalue weighted by Gasteiger charge is -2.07. The van der Waals surface area contributed by atoms with Gasteiger partial charge >= 0.3 is 0 Å². The Morgan fingerprint density at radius 2 is 1.42 bits per heavy atom. The summed E-state index contributed by atoms with van der Waals surface area (Å²) in [6.45, 7) is 0. The van der Waals surface area contributed by atoms with E-state index in [1.807, 2.05) is 0 Å². The van der Waals surface area contributed by atoms with Gasteiger partial charge in [0.25, 0.3) is 0 Å². The Morgan fingerprint density at radius 1 is 0.895 bits per heavy atom. The van der Waals surface area contributed by atoms with Crippen molar-refractivity contribution in [2.45, 2.75) is 6.42 Å². The van der Waals surface area contributed by atoms with Crippen molar-refractivity contribution in [3.63, 3.8) is 0 Å². The maximum atomic E-state index is 13.5. The molecule has 0 saturated heterocycles. The lowest BCUT2D eigenvalue weighted by Crippen LogP contribution is -2.03. The molecule has 1 nitrogen and oxygen atoms in total. The molecule has 0 fully saturated rings. The number of methoxy groups -OCH3 is 1. The van der Waals surface area contributed by atoms with Crippen LogP contribution in [0.5, 0.6) is 5.75 Å². The predicted molar refractivity (Wildman–Crippen MR) is 62.1 cm³/mol. The van der Waals surface area contributed by atoms with Gasteiger partial charge in [-0.15, -0.1) is 0 Å². The van der Waals surface area contributed by atoms with E-state index in [4.69, 9.17) is 4.74 Å². The highest BCUT2D eigenvalue weighted by Crippen LogP contribution is 2.23. The molecule has 0 unspecified atom stereocenters. The van der Waals surface area contributed by atoms with Crippen LogP contribution in [0.15, 0.2) is 30.3 Å². The molecule has 0 saturated carbocycles. The topological polar surface area (TPSA) is 9.23 Å². The average molecular weight is 270 g/mol. The summed E-state index contributed by atoms with van der Waals surface area (Å²) in [7, 11) is 1.48. The van der Waals surface area contributed by atoms with Gasteiger partial charge in [0.15, 0.2) is 23.3 Å². The van der Waals surface area contributed by atoms with Crippen LogP contribution in [0.4, 0.5) is 17.6 Å². The summed E-state index contributed by atoms with van der Waals surface area (Å²) in [5.74, 6) is -4.95. The van der Waals surface area contributed by atoms with Gasteiger partial charge in [0.05, 0.1) is 7.11 Å². The predicted octanol–water partition coefficient (Wildman–Crippen LogP) is 3.84. The molecule has 0 heterocycles. The molecule has 0 aliphatic carbocycles. The van der Waals surface area contributed by atoms with Crippen molar-refractivity contribution in [1.82, 2.24) is 0 Å². The van der Waals surface area contributed by atoms with Crippen molar-refractivity contribution in [3.8, 4) is 5.75 Å². The Morgan fingerprint density at radius 3 is 1.89 bits per heavy atom. The quantitative estimate of drug-likeness (QED) is 0.608. The highest BCUT2D eigenvalue weighted by atomic mass is 19.2. The fraction of sp³-hybridized carbons (Fsp3) is 0.143. The Hall–Kier alpha value is -2.04. The van der Waals surface area contributed by atoms with Gasteiger partial charge in [0, 0.05) is 18.1 Å². The number of ether oxygens (including phenoxy) is 1. The van der Waals surface area contributed by atoms with Crippen LogP contribution < -0.4 is 4.74 Å². The first-order valence-corrected chi connectivity index (χ1v) is 5.47. The molecule has 0 amide bonds. The largest absolute Gasteiger partial charge is 0.497 e. The average Bonchev–Trinajstić information content (AvgIpc) is 2.42. The van der Waals surface area contributed by atoms with Crippen LogP contribution in [-0.4, -0.2) is 7.11 Å². The van der Waals surface area contributed by atoms with Gasteiger partial charge < -0.3 is 4.74 Å². The zero-order valence-corrected chi connectivity index (χ0v) is 10.0. The summed E-state index contributed by atoms with van der Waals surface area (Å²) in [5.41, 5.74) is -0.105. The second-order valence-corrected chi connectivity index (χ2v) is 3.97. The van der Waals surface area contributed by atoms with E-state index in [0.29, 0.717) is 11.3 Å². The van der Waals surface area contributed by atoms with E-state index in [9.17, 15) is 17.6 Å². The van der Waals surface area contributed by atoms with Gasteiger partial charge in [0.1, 0.15) is 5.75 Å². The van der Waals surface area contributed by atoms with E-state index in [0.717, 1.165) is 0 Å². The molecule has 2 rings (SSSR count). The summed E-state index contributed by atoms with van der Waals surface area (Å²) in [6.07, 6.45) is -0.240. The molecule has 2 aromatic rings. The van der Waals surface area contributed by atoms with Gasteiger partial charge in [-0.2, -0.15) is 0 Å². The molecule has 19 heavy (non-hydrogen) atoms. The van der Waals surface area contributed by atoms with Gasteiger partial charge in [-0.3, -0.25) is 0 Å². The SMILES string of the molecule is COc1ccc(Cc2c(F)c(F)cc(F)c2F)cc1. The maximum absolute atomic E-state index is 13.5. The smallest absolute Gasteiger partial charge is 0.165 e. The third kappa shape index (κ3) is 2.70. The summed E-state index contributed by atoms with van der Waals surface area (Å²) in [6, 6.07) is 6.53. The molecule has 0 spiro atoms. The first-order chi connectivity index (χ1) is 9.02. The molecule has 0 aromatic heterocycles. The van der Waals surface area contributed by atoms with Crippen molar-refractivity contribution < 1.29 is 22.3 Å². The van der Waals surface area contributed by atoms with Crippen molar-refractivity contribution >= 4 is 0 Å². The van der Waals surface area contributed by atoms with Crippen LogP contribution in [0.25, 0.3) is 0 Å². The van der Waals surface area contributed by atoms with Crippen molar-refractivity contribution in [2.75, 3.05) is 7.11 Å². The Labute approximate surface area is 107 Å². The third-order valence-electron chi connectivity index (χ3n) is 2.74. The molecule has 0 radical (unpaired) electrons.